The third-order valence-electron chi connectivity index (χ3n) is 4.65. The van der Waals surface area contributed by atoms with E-state index in [9.17, 15) is 4.79 Å². The molecule has 1 saturated heterocycles. The van der Waals surface area contributed by atoms with Gasteiger partial charge in [0.15, 0.2) is 5.69 Å². The number of nitrogens with zero attached hydrogens (tertiary/aromatic N) is 3. The molecule has 134 valence electrons. The van der Waals surface area contributed by atoms with E-state index >= 15 is 0 Å². The van der Waals surface area contributed by atoms with Gasteiger partial charge in [0.25, 0.3) is 5.91 Å². The van der Waals surface area contributed by atoms with Gasteiger partial charge in [-0.2, -0.15) is 5.10 Å². The Kier molecular flexibility index (Phi) is 5.83. The van der Waals surface area contributed by atoms with Crippen LogP contribution in [0.1, 0.15) is 22.6 Å². The molecule has 1 aromatic heterocycles. The number of carbonyl (C=O) groups excluding carboxylic acids is 1. The normalized spacial score (nSPS) is 17.8. The molecular weight excluding hydrogens is 316 g/mol. The largest absolute Gasteiger partial charge is 0.383 e. The van der Waals surface area contributed by atoms with Crippen molar-refractivity contribution in [3.63, 3.8) is 0 Å². The van der Waals surface area contributed by atoms with Gasteiger partial charge in [-0.15, -0.1) is 0 Å². The Morgan fingerprint density at radius 1 is 1.36 bits per heavy atom. The van der Waals surface area contributed by atoms with Crippen molar-refractivity contribution >= 4 is 5.91 Å². The number of hydrogen-bond acceptors (Lipinski definition) is 4. The summed E-state index contributed by atoms with van der Waals surface area (Å²) in [7, 11) is 1.73. The molecule has 0 spiro atoms. The molecule has 25 heavy (non-hydrogen) atoms. The fourth-order valence-electron chi connectivity index (χ4n) is 3.25. The zero-order chi connectivity index (χ0) is 17.6. The van der Waals surface area contributed by atoms with Crippen LogP contribution < -0.4 is 5.32 Å². The molecule has 2 heterocycles. The smallest absolute Gasteiger partial charge is 0.271 e. The molecule has 2 aromatic rings. The molecule has 6 nitrogen and oxygen atoms in total. The molecule has 1 unspecified atom stereocenters. The van der Waals surface area contributed by atoms with Gasteiger partial charge < -0.3 is 15.0 Å². The van der Waals surface area contributed by atoms with Crippen molar-refractivity contribution in [3.05, 3.63) is 47.8 Å². The maximum absolute atomic E-state index is 12.4. The Hall–Kier alpha value is -2.18. The first kappa shape index (κ1) is 17.6. The quantitative estimate of drug-likeness (QED) is 0.835. The third kappa shape index (κ3) is 4.46. The molecule has 1 amide bonds. The van der Waals surface area contributed by atoms with Gasteiger partial charge in [-0.25, -0.2) is 4.68 Å². The van der Waals surface area contributed by atoms with Crippen LogP contribution in [0.15, 0.2) is 36.4 Å². The number of rotatable bonds is 7. The van der Waals surface area contributed by atoms with Gasteiger partial charge in [-0.3, -0.25) is 4.79 Å². The standard InChI is InChI=1S/C19H26N4O2/c1-15-12-18(21-23(15)17-6-4-3-5-7-17)19(24)20-13-16-8-9-22(14-16)10-11-25-2/h3-7,12,16H,8-11,13-14H2,1-2H3,(H,20,24). The van der Waals surface area contributed by atoms with Gasteiger partial charge in [0.05, 0.1) is 12.3 Å². The summed E-state index contributed by atoms with van der Waals surface area (Å²) in [4.78, 5) is 14.8. The van der Waals surface area contributed by atoms with E-state index in [1.165, 1.54) is 0 Å². The van der Waals surface area contributed by atoms with Gasteiger partial charge >= 0.3 is 0 Å². The van der Waals surface area contributed by atoms with Crippen molar-refractivity contribution in [1.29, 1.82) is 0 Å². The maximum atomic E-state index is 12.4. The number of ether oxygens (including phenoxy) is 1. The van der Waals surface area contributed by atoms with Crippen LogP contribution in [0.4, 0.5) is 0 Å². The average molecular weight is 342 g/mol. The maximum Gasteiger partial charge on any atom is 0.271 e. The van der Waals surface area contributed by atoms with Crippen molar-refractivity contribution in [1.82, 2.24) is 20.0 Å². The van der Waals surface area contributed by atoms with Crippen LogP contribution in [-0.2, 0) is 4.74 Å². The summed E-state index contributed by atoms with van der Waals surface area (Å²) in [5, 5.41) is 7.50. The summed E-state index contributed by atoms with van der Waals surface area (Å²) in [6.07, 6.45) is 1.11. The number of aromatic nitrogens is 2. The van der Waals surface area contributed by atoms with Crippen LogP contribution in [-0.4, -0.2) is 60.5 Å². The Labute approximate surface area is 148 Å². The van der Waals surface area contributed by atoms with Crippen LogP contribution in [0.3, 0.4) is 0 Å². The monoisotopic (exact) mass is 342 g/mol. The minimum Gasteiger partial charge on any atom is -0.383 e. The second-order valence-corrected chi connectivity index (χ2v) is 6.58. The summed E-state index contributed by atoms with van der Waals surface area (Å²) in [5.41, 5.74) is 2.38. The Morgan fingerprint density at radius 3 is 2.92 bits per heavy atom. The highest BCUT2D eigenvalue weighted by Gasteiger charge is 2.23. The summed E-state index contributed by atoms with van der Waals surface area (Å²) in [6.45, 7) is 6.46. The molecule has 1 aliphatic rings. The van der Waals surface area contributed by atoms with E-state index in [1.807, 2.05) is 43.3 Å². The number of carbonyl (C=O) groups is 1. The average Bonchev–Trinajstić information content (AvgIpc) is 3.25. The lowest BCUT2D eigenvalue weighted by molar-refractivity contribution is 0.0941. The van der Waals surface area contributed by atoms with Crippen molar-refractivity contribution in [3.8, 4) is 5.69 Å². The van der Waals surface area contributed by atoms with Crippen LogP contribution in [0.25, 0.3) is 5.69 Å². The van der Waals surface area contributed by atoms with Crippen LogP contribution in [0.2, 0.25) is 0 Å². The molecular formula is C19H26N4O2. The van der Waals surface area contributed by atoms with E-state index in [0.717, 1.165) is 44.0 Å². The Balaban J connectivity index is 1.54. The molecule has 0 aliphatic carbocycles. The molecule has 3 rings (SSSR count). The number of aryl methyl sites for hydroxylation is 1. The van der Waals surface area contributed by atoms with Crippen molar-refractivity contribution in [2.75, 3.05) is 39.9 Å². The Bertz CT molecular complexity index is 699. The molecule has 1 aromatic carbocycles. The number of benzene rings is 1. The van der Waals surface area contributed by atoms with Crippen LogP contribution in [0, 0.1) is 12.8 Å². The molecule has 1 fully saturated rings. The van der Waals surface area contributed by atoms with Crippen LogP contribution in [0.5, 0.6) is 0 Å². The number of hydrogen-bond donors (Lipinski definition) is 1. The fourth-order valence-corrected chi connectivity index (χ4v) is 3.25. The lowest BCUT2D eigenvalue weighted by atomic mass is 10.1. The SMILES string of the molecule is COCCN1CCC(CNC(=O)c2cc(C)n(-c3ccccc3)n2)C1. The number of likely N-dealkylation sites (tertiary alicyclic amines) is 1. The number of amides is 1. The minimum absolute atomic E-state index is 0.104. The van der Waals surface area contributed by atoms with Gasteiger partial charge in [-0.05, 0) is 44.0 Å². The van der Waals surface area contributed by atoms with Gasteiger partial charge in [0.2, 0.25) is 0 Å². The zero-order valence-electron chi connectivity index (χ0n) is 14.9. The van der Waals surface area contributed by atoms with E-state index in [4.69, 9.17) is 4.74 Å². The lowest BCUT2D eigenvalue weighted by Gasteiger charge is -2.15. The summed E-state index contributed by atoms with van der Waals surface area (Å²) >= 11 is 0. The van der Waals surface area contributed by atoms with Gasteiger partial charge in [0.1, 0.15) is 0 Å². The summed E-state index contributed by atoms with van der Waals surface area (Å²) in [6, 6.07) is 11.7. The number of methoxy groups -OCH3 is 1. The van der Waals surface area contributed by atoms with E-state index in [0.29, 0.717) is 18.2 Å². The second kappa shape index (κ2) is 8.27. The second-order valence-electron chi connectivity index (χ2n) is 6.58. The zero-order valence-corrected chi connectivity index (χ0v) is 14.9. The predicted molar refractivity (Wildman–Crippen MR) is 97.1 cm³/mol. The van der Waals surface area contributed by atoms with Gasteiger partial charge in [0, 0.05) is 32.4 Å². The molecule has 6 heteroatoms. The topological polar surface area (TPSA) is 59.4 Å². The first-order chi connectivity index (χ1) is 12.2. The Morgan fingerprint density at radius 2 is 2.16 bits per heavy atom. The van der Waals surface area contributed by atoms with E-state index < -0.39 is 0 Å². The molecule has 0 radical (unpaired) electrons. The van der Waals surface area contributed by atoms with Crippen molar-refractivity contribution < 1.29 is 9.53 Å². The fraction of sp³-hybridized carbons (Fsp3) is 0.474. The van der Waals surface area contributed by atoms with Gasteiger partial charge in [-0.1, -0.05) is 18.2 Å². The molecule has 1 N–H and O–H groups in total. The van der Waals surface area contributed by atoms with E-state index in [-0.39, 0.29) is 5.91 Å². The van der Waals surface area contributed by atoms with E-state index in [2.05, 4.69) is 15.3 Å². The highest BCUT2D eigenvalue weighted by atomic mass is 16.5. The number of para-hydroxylation sites is 1. The molecule has 0 bridgehead atoms. The molecule has 1 atom stereocenters. The lowest BCUT2D eigenvalue weighted by Crippen LogP contribution is -2.32. The summed E-state index contributed by atoms with van der Waals surface area (Å²) < 4.78 is 6.93. The minimum atomic E-state index is -0.104. The predicted octanol–water partition coefficient (Wildman–Crippen LogP) is 1.88. The van der Waals surface area contributed by atoms with Crippen LogP contribution >= 0.6 is 0 Å². The van der Waals surface area contributed by atoms with Crippen molar-refractivity contribution in [2.45, 2.75) is 13.3 Å². The van der Waals surface area contributed by atoms with E-state index in [1.54, 1.807) is 11.8 Å². The molecule has 0 saturated carbocycles. The van der Waals surface area contributed by atoms with Crippen molar-refractivity contribution in [2.24, 2.45) is 5.92 Å². The highest BCUT2D eigenvalue weighted by Crippen LogP contribution is 2.15. The molecule has 1 aliphatic heterocycles. The first-order valence-corrected chi connectivity index (χ1v) is 8.79. The highest BCUT2D eigenvalue weighted by molar-refractivity contribution is 5.92. The summed E-state index contributed by atoms with van der Waals surface area (Å²) in [5.74, 6) is 0.395. The third-order valence-corrected chi connectivity index (χ3v) is 4.65. The number of nitrogens with one attached hydrogen (secondary N) is 1. The first-order valence-electron chi connectivity index (χ1n) is 8.79.